The van der Waals surface area contributed by atoms with Gasteiger partial charge < -0.3 is 16.0 Å². The van der Waals surface area contributed by atoms with Crippen LogP contribution in [0.2, 0.25) is 0 Å². The standard InChI is InChI=1S/C17H24FN3O2.ClH/c1-17(2,3)16(23)21-11-6-7-14(18)13(9-11)15(22)20-12-5-4-8-19-10-12;/h6-7,9,12,19H,4-5,8,10H2,1-3H3,(H,20,22)(H,21,23);1H/t12-;/m0./s1. The first-order chi connectivity index (χ1) is 10.8. The lowest BCUT2D eigenvalue weighted by molar-refractivity contribution is -0.123. The van der Waals surface area contributed by atoms with Crippen molar-refractivity contribution in [2.24, 2.45) is 5.41 Å². The molecular weight excluding hydrogens is 333 g/mol. The van der Waals surface area contributed by atoms with Gasteiger partial charge in [-0.05, 0) is 37.6 Å². The topological polar surface area (TPSA) is 70.2 Å². The predicted molar refractivity (Wildman–Crippen MR) is 95.1 cm³/mol. The quantitative estimate of drug-likeness (QED) is 0.779. The number of amides is 2. The average molecular weight is 358 g/mol. The van der Waals surface area contributed by atoms with E-state index in [2.05, 4.69) is 16.0 Å². The zero-order valence-corrected chi connectivity index (χ0v) is 15.1. The predicted octanol–water partition coefficient (Wildman–Crippen LogP) is 2.71. The van der Waals surface area contributed by atoms with Crippen LogP contribution < -0.4 is 16.0 Å². The maximum absolute atomic E-state index is 14.0. The first kappa shape index (κ1) is 20.4. The molecule has 0 saturated carbocycles. The summed E-state index contributed by atoms with van der Waals surface area (Å²) in [6, 6.07) is 4.04. The molecule has 3 N–H and O–H groups in total. The summed E-state index contributed by atoms with van der Waals surface area (Å²) in [6.07, 6.45) is 1.86. The molecule has 5 nitrogen and oxygen atoms in total. The number of rotatable bonds is 3. The Kier molecular flexibility index (Phi) is 7.17. The van der Waals surface area contributed by atoms with E-state index in [1.807, 2.05) is 0 Å². The summed E-state index contributed by atoms with van der Waals surface area (Å²) in [6.45, 7) is 6.99. The molecule has 1 aliphatic rings. The summed E-state index contributed by atoms with van der Waals surface area (Å²) in [7, 11) is 0. The van der Waals surface area contributed by atoms with Gasteiger partial charge >= 0.3 is 0 Å². The SMILES string of the molecule is CC(C)(C)C(=O)Nc1ccc(F)c(C(=O)N[C@H]2CCCNC2)c1.Cl. The Labute approximate surface area is 148 Å². The molecule has 7 heteroatoms. The highest BCUT2D eigenvalue weighted by Crippen LogP contribution is 2.20. The molecule has 2 amide bonds. The summed E-state index contributed by atoms with van der Waals surface area (Å²) in [5.41, 5.74) is -0.203. The van der Waals surface area contributed by atoms with Gasteiger partial charge in [0, 0.05) is 23.7 Å². The molecule has 1 aliphatic heterocycles. The van der Waals surface area contributed by atoms with Crippen LogP contribution in [-0.4, -0.2) is 30.9 Å². The molecule has 2 rings (SSSR count). The third-order valence-corrected chi connectivity index (χ3v) is 3.78. The maximum Gasteiger partial charge on any atom is 0.254 e. The molecule has 0 spiro atoms. The van der Waals surface area contributed by atoms with Crippen molar-refractivity contribution < 1.29 is 14.0 Å². The zero-order valence-electron chi connectivity index (χ0n) is 14.2. The molecule has 1 aromatic rings. The highest BCUT2D eigenvalue weighted by molar-refractivity contribution is 5.98. The fourth-order valence-corrected chi connectivity index (χ4v) is 2.33. The van der Waals surface area contributed by atoms with Gasteiger partial charge in [0.25, 0.3) is 5.91 Å². The second-order valence-corrected chi connectivity index (χ2v) is 6.92. The van der Waals surface area contributed by atoms with Gasteiger partial charge in [0.2, 0.25) is 5.91 Å². The van der Waals surface area contributed by atoms with E-state index in [0.29, 0.717) is 12.2 Å². The minimum Gasteiger partial charge on any atom is -0.348 e. The van der Waals surface area contributed by atoms with Crippen LogP contribution in [0.3, 0.4) is 0 Å². The normalized spacial score (nSPS) is 17.6. The Hall–Kier alpha value is -1.66. The Bertz CT molecular complexity index is 596. The third kappa shape index (κ3) is 5.46. The molecule has 1 aromatic carbocycles. The Morgan fingerprint density at radius 2 is 2.00 bits per heavy atom. The van der Waals surface area contributed by atoms with Gasteiger partial charge in [-0.3, -0.25) is 9.59 Å². The fraction of sp³-hybridized carbons (Fsp3) is 0.529. The lowest BCUT2D eigenvalue weighted by Crippen LogP contribution is -2.45. The number of benzene rings is 1. The van der Waals surface area contributed by atoms with Crippen molar-refractivity contribution in [3.63, 3.8) is 0 Å². The molecule has 0 aromatic heterocycles. The van der Waals surface area contributed by atoms with E-state index in [1.165, 1.54) is 18.2 Å². The van der Waals surface area contributed by atoms with E-state index in [9.17, 15) is 14.0 Å². The van der Waals surface area contributed by atoms with E-state index >= 15 is 0 Å². The third-order valence-electron chi connectivity index (χ3n) is 3.78. The number of halogens is 2. The van der Waals surface area contributed by atoms with Gasteiger partial charge in [-0.15, -0.1) is 12.4 Å². The van der Waals surface area contributed by atoms with Crippen LogP contribution in [0.15, 0.2) is 18.2 Å². The van der Waals surface area contributed by atoms with Gasteiger partial charge in [0.05, 0.1) is 5.56 Å². The lowest BCUT2D eigenvalue weighted by atomic mass is 9.95. The number of nitrogens with one attached hydrogen (secondary N) is 3. The van der Waals surface area contributed by atoms with Crippen LogP contribution >= 0.6 is 12.4 Å². The molecule has 0 bridgehead atoms. The number of hydrogen-bond acceptors (Lipinski definition) is 3. The highest BCUT2D eigenvalue weighted by atomic mass is 35.5. The zero-order chi connectivity index (χ0) is 17.0. The summed E-state index contributed by atoms with van der Waals surface area (Å²) in [4.78, 5) is 24.3. The van der Waals surface area contributed by atoms with Crippen LogP contribution in [0.4, 0.5) is 10.1 Å². The first-order valence-corrected chi connectivity index (χ1v) is 7.90. The van der Waals surface area contributed by atoms with E-state index in [1.54, 1.807) is 20.8 Å². The molecule has 24 heavy (non-hydrogen) atoms. The van der Waals surface area contributed by atoms with Crippen LogP contribution in [-0.2, 0) is 4.79 Å². The molecule has 1 atom stereocenters. The van der Waals surface area contributed by atoms with E-state index in [4.69, 9.17) is 0 Å². The smallest absolute Gasteiger partial charge is 0.254 e. The first-order valence-electron chi connectivity index (χ1n) is 7.90. The second kappa shape index (κ2) is 8.44. The molecule has 1 fully saturated rings. The van der Waals surface area contributed by atoms with Crippen molar-refractivity contribution in [3.05, 3.63) is 29.6 Å². The van der Waals surface area contributed by atoms with Gasteiger partial charge in [0.15, 0.2) is 0 Å². The lowest BCUT2D eigenvalue weighted by Gasteiger charge is -2.24. The molecular formula is C17H25ClFN3O2. The van der Waals surface area contributed by atoms with Gasteiger partial charge in [0.1, 0.15) is 5.82 Å². The summed E-state index contributed by atoms with van der Waals surface area (Å²) in [5, 5.41) is 8.74. The minimum absolute atomic E-state index is 0. The average Bonchev–Trinajstić information content (AvgIpc) is 2.49. The van der Waals surface area contributed by atoms with Crippen molar-refractivity contribution in [2.45, 2.75) is 39.7 Å². The van der Waals surface area contributed by atoms with Crippen LogP contribution in [0, 0.1) is 11.2 Å². The second-order valence-electron chi connectivity index (χ2n) is 6.92. The van der Waals surface area contributed by atoms with Crippen molar-refractivity contribution >= 4 is 29.9 Å². The van der Waals surface area contributed by atoms with Crippen molar-refractivity contribution in [1.82, 2.24) is 10.6 Å². The number of carbonyl (C=O) groups is 2. The number of hydrogen-bond donors (Lipinski definition) is 3. The summed E-state index contributed by atoms with van der Waals surface area (Å²) in [5.74, 6) is -1.24. The van der Waals surface area contributed by atoms with Crippen molar-refractivity contribution in [2.75, 3.05) is 18.4 Å². The Balaban J connectivity index is 0.00000288. The van der Waals surface area contributed by atoms with E-state index in [-0.39, 0.29) is 29.9 Å². The minimum atomic E-state index is -0.597. The van der Waals surface area contributed by atoms with Gasteiger partial charge in [-0.25, -0.2) is 4.39 Å². The van der Waals surface area contributed by atoms with E-state index < -0.39 is 17.1 Å². The molecule has 134 valence electrons. The molecule has 1 saturated heterocycles. The summed E-state index contributed by atoms with van der Waals surface area (Å²) < 4.78 is 14.0. The van der Waals surface area contributed by atoms with Crippen molar-refractivity contribution in [3.8, 4) is 0 Å². The maximum atomic E-state index is 14.0. The van der Waals surface area contributed by atoms with Gasteiger partial charge in [-0.2, -0.15) is 0 Å². The van der Waals surface area contributed by atoms with Gasteiger partial charge in [-0.1, -0.05) is 20.8 Å². The highest BCUT2D eigenvalue weighted by Gasteiger charge is 2.23. The molecule has 0 radical (unpaired) electrons. The fourth-order valence-electron chi connectivity index (χ4n) is 2.33. The number of piperidine rings is 1. The van der Waals surface area contributed by atoms with Crippen LogP contribution in [0.25, 0.3) is 0 Å². The molecule has 0 aliphatic carbocycles. The number of carbonyl (C=O) groups excluding carboxylic acids is 2. The van der Waals surface area contributed by atoms with Crippen LogP contribution in [0.5, 0.6) is 0 Å². The summed E-state index contributed by atoms with van der Waals surface area (Å²) >= 11 is 0. The molecule has 1 heterocycles. The Morgan fingerprint density at radius 3 is 2.58 bits per heavy atom. The number of anilines is 1. The van der Waals surface area contributed by atoms with Crippen LogP contribution in [0.1, 0.15) is 44.0 Å². The monoisotopic (exact) mass is 357 g/mol. The largest absolute Gasteiger partial charge is 0.348 e. The molecule has 0 unspecified atom stereocenters. The van der Waals surface area contributed by atoms with Crippen molar-refractivity contribution in [1.29, 1.82) is 0 Å². The Morgan fingerprint density at radius 1 is 1.29 bits per heavy atom. The van der Waals surface area contributed by atoms with E-state index in [0.717, 1.165) is 19.4 Å².